The molecule has 1 fully saturated rings. The van der Waals surface area contributed by atoms with E-state index in [2.05, 4.69) is 19.2 Å². The molecule has 0 saturated carbocycles. The zero-order chi connectivity index (χ0) is 65.0. The Hall–Kier alpha value is -6.51. The molecule has 6 aromatic carbocycles. The van der Waals surface area contributed by atoms with E-state index >= 15 is 0 Å². The summed E-state index contributed by atoms with van der Waals surface area (Å²) in [7, 11) is 0. The molecule has 6 aromatic rings. The number of unbranched alkanes of at least 4 members (excludes halogenated alkanes) is 22. The smallest absolute Gasteiger partial charge is 0.338 e. The monoisotopic (exact) mass is 1270 g/mol. The normalized spacial score (nSPS) is 17.3. The molecule has 504 valence electrons. The molecule has 0 unspecified atom stereocenters. The summed E-state index contributed by atoms with van der Waals surface area (Å²) in [5.41, 5.74) is 4.47. The molecule has 1 aliphatic heterocycles. The number of carbonyl (C=O) groups excluding carboxylic acids is 3. The van der Waals surface area contributed by atoms with Crippen LogP contribution >= 0.6 is 0 Å². The summed E-state index contributed by atoms with van der Waals surface area (Å²) in [4.78, 5) is 43.5. The standard InChI is InChI=1S/C81H109NO11/c1-3-5-7-8-9-10-11-12-13-14-15-16-17-18-19-20-21-22-23-24-44-58-74(83)82-71(75(93-80(85)70-55-42-30-43-56-70)72(57-31-6-4-2)91-79(84)69-53-40-29-41-54-69)63-90-81-78(89-62-68-51-38-28-39-52-68)77(88-61-67-49-36-27-37-50-67)76(87-60-66-47-34-26-35-48-66)73(92-81)64-86-59-65-45-32-25-33-46-65/h25-30,32-43,45-56,71-73,75-78,81H,3-24,31,44,57-64H2,1-2H3,(H,82,83)/t71-,72+,73+,75-,76-,77-,78+,81-/m0/s1. The average molecular weight is 1270 g/mol. The Morgan fingerprint density at radius 3 is 1.20 bits per heavy atom. The largest absolute Gasteiger partial charge is 0.455 e. The van der Waals surface area contributed by atoms with Gasteiger partial charge < -0.3 is 43.2 Å². The molecule has 0 spiro atoms. The highest BCUT2D eigenvalue weighted by molar-refractivity contribution is 5.90. The molecule has 0 aromatic heterocycles. The van der Waals surface area contributed by atoms with Gasteiger partial charge in [-0.15, -0.1) is 0 Å². The maximum atomic E-state index is 14.7. The van der Waals surface area contributed by atoms with Crippen LogP contribution in [0.15, 0.2) is 182 Å². The fraction of sp³-hybridized carbons (Fsp3) is 0.519. The van der Waals surface area contributed by atoms with Crippen molar-refractivity contribution in [1.82, 2.24) is 5.32 Å². The minimum absolute atomic E-state index is 0.0940. The van der Waals surface area contributed by atoms with E-state index in [-0.39, 0.29) is 45.4 Å². The predicted molar refractivity (Wildman–Crippen MR) is 370 cm³/mol. The lowest BCUT2D eigenvalue weighted by Gasteiger charge is -2.46. The Labute approximate surface area is 557 Å². The van der Waals surface area contributed by atoms with E-state index in [1.807, 2.05) is 133 Å². The molecule has 1 amide bonds. The van der Waals surface area contributed by atoms with E-state index in [4.69, 9.17) is 37.9 Å². The first-order valence-corrected chi connectivity index (χ1v) is 35.5. The second-order valence-corrected chi connectivity index (χ2v) is 25.2. The number of benzene rings is 6. The van der Waals surface area contributed by atoms with Crippen molar-refractivity contribution in [2.24, 2.45) is 0 Å². The summed E-state index contributed by atoms with van der Waals surface area (Å²) < 4.78 is 54.9. The Bertz CT molecular complexity index is 2850. The molecule has 1 saturated heterocycles. The van der Waals surface area contributed by atoms with Crippen LogP contribution in [0.25, 0.3) is 0 Å². The van der Waals surface area contributed by atoms with Crippen molar-refractivity contribution >= 4 is 17.8 Å². The molecule has 93 heavy (non-hydrogen) atoms. The number of hydrogen-bond acceptors (Lipinski definition) is 11. The van der Waals surface area contributed by atoms with Gasteiger partial charge in [0.05, 0.1) is 56.8 Å². The third-order valence-corrected chi connectivity index (χ3v) is 17.5. The Kier molecular flexibility index (Phi) is 36.4. The molecule has 1 heterocycles. The van der Waals surface area contributed by atoms with E-state index in [9.17, 15) is 14.4 Å². The maximum absolute atomic E-state index is 14.7. The summed E-state index contributed by atoms with van der Waals surface area (Å²) in [6.45, 7) is 5.17. The van der Waals surface area contributed by atoms with Gasteiger partial charge in [-0.2, -0.15) is 0 Å². The number of carbonyl (C=O) groups is 3. The molecule has 12 heteroatoms. The van der Waals surface area contributed by atoms with E-state index < -0.39 is 60.9 Å². The first-order valence-electron chi connectivity index (χ1n) is 35.5. The molecule has 0 aliphatic carbocycles. The van der Waals surface area contributed by atoms with Crippen LogP contribution in [0.4, 0.5) is 0 Å². The molecule has 12 nitrogen and oxygen atoms in total. The van der Waals surface area contributed by atoms with Crippen molar-refractivity contribution in [3.63, 3.8) is 0 Å². The molecule has 0 bridgehead atoms. The van der Waals surface area contributed by atoms with Crippen LogP contribution in [-0.2, 0) is 69.1 Å². The first-order chi connectivity index (χ1) is 45.9. The van der Waals surface area contributed by atoms with Crippen LogP contribution < -0.4 is 5.32 Å². The first kappa shape index (κ1) is 73.9. The highest BCUT2D eigenvalue weighted by atomic mass is 16.7. The zero-order valence-corrected chi connectivity index (χ0v) is 56.1. The minimum atomic E-state index is -1.23. The van der Waals surface area contributed by atoms with Gasteiger partial charge in [0.1, 0.15) is 30.5 Å². The number of nitrogens with one attached hydrogen (secondary N) is 1. The van der Waals surface area contributed by atoms with E-state index in [0.29, 0.717) is 37.0 Å². The van der Waals surface area contributed by atoms with E-state index in [0.717, 1.165) is 54.4 Å². The molecule has 8 atom stereocenters. The fourth-order valence-electron chi connectivity index (χ4n) is 12.1. The van der Waals surface area contributed by atoms with Crippen LogP contribution in [0.3, 0.4) is 0 Å². The third-order valence-electron chi connectivity index (χ3n) is 17.5. The van der Waals surface area contributed by atoms with Gasteiger partial charge in [-0.05, 0) is 65.8 Å². The van der Waals surface area contributed by atoms with Gasteiger partial charge in [0.25, 0.3) is 0 Å². The molecule has 7 rings (SSSR count). The lowest BCUT2D eigenvalue weighted by atomic mass is 9.97. The van der Waals surface area contributed by atoms with Crippen LogP contribution in [0, 0.1) is 0 Å². The molecule has 1 aliphatic rings. The third kappa shape index (κ3) is 28.9. The molecule has 0 radical (unpaired) electrons. The summed E-state index contributed by atoms with van der Waals surface area (Å²) in [6, 6.07) is 56.3. The highest BCUT2D eigenvalue weighted by Crippen LogP contribution is 2.33. The maximum Gasteiger partial charge on any atom is 0.338 e. The summed E-state index contributed by atoms with van der Waals surface area (Å²) in [5, 5.41) is 3.29. The van der Waals surface area contributed by atoms with Crippen molar-refractivity contribution in [2.45, 2.75) is 256 Å². The van der Waals surface area contributed by atoms with Gasteiger partial charge in [-0.3, -0.25) is 4.79 Å². The number of esters is 2. The number of rotatable bonds is 49. The second-order valence-electron chi connectivity index (χ2n) is 25.2. The van der Waals surface area contributed by atoms with Gasteiger partial charge >= 0.3 is 11.9 Å². The van der Waals surface area contributed by atoms with Crippen LogP contribution in [0.1, 0.15) is 224 Å². The fourth-order valence-corrected chi connectivity index (χ4v) is 12.1. The van der Waals surface area contributed by atoms with E-state index in [1.165, 1.54) is 109 Å². The zero-order valence-electron chi connectivity index (χ0n) is 56.1. The summed E-state index contributed by atoms with van der Waals surface area (Å²) >= 11 is 0. The number of hydrogen-bond donors (Lipinski definition) is 1. The van der Waals surface area contributed by atoms with Crippen molar-refractivity contribution in [3.05, 3.63) is 215 Å². The number of ether oxygens (including phenoxy) is 8. The highest BCUT2D eigenvalue weighted by Gasteiger charge is 2.50. The van der Waals surface area contributed by atoms with Gasteiger partial charge in [-0.1, -0.05) is 313 Å². The average Bonchev–Trinajstić information content (AvgIpc) is 0.868. The topological polar surface area (TPSA) is 137 Å². The predicted octanol–water partition coefficient (Wildman–Crippen LogP) is 18.8. The molecular formula is C81H109NO11. The van der Waals surface area contributed by atoms with Gasteiger partial charge in [0, 0.05) is 6.42 Å². The summed E-state index contributed by atoms with van der Waals surface area (Å²) in [5.74, 6) is -1.45. The van der Waals surface area contributed by atoms with Crippen molar-refractivity contribution in [3.8, 4) is 0 Å². The van der Waals surface area contributed by atoms with Gasteiger partial charge in [-0.25, -0.2) is 9.59 Å². The number of amides is 1. The second kappa shape index (κ2) is 45.8. The Morgan fingerprint density at radius 2 is 0.763 bits per heavy atom. The Balaban J connectivity index is 1.11. The van der Waals surface area contributed by atoms with Gasteiger partial charge in [0.15, 0.2) is 12.4 Å². The van der Waals surface area contributed by atoms with Crippen molar-refractivity contribution in [1.29, 1.82) is 0 Å². The Morgan fingerprint density at radius 1 is 0.398 bits per heavy atom. The molecule has 1 N–H and O–H groups in total. The van der Waals surface area contributed by atoms with Gasteiger partial charge in [0.2, 0.25) is 5.91 Å². The lowest BCUT2D eigenvalue weighted by Crippen LogP contribution is -2.62. The SMILES string of the molecule is CCCCCCCCCCCCCCCCCCCCCCCC(=O)N[C@@H](CO[C@H]1O[C@H](COCc2ccccc2)[C@H](OCc2ccccc2)[C@H](OCc2ccccc2)[C@H]1OCc1ccccc1)[C@H](OC(=O)c1ccccc1)[C@@H](CCCCC)OC(=O)c1ccccc1. The quantitative estimate of drug-likeness (QED) is 0.0289. The van der Waals surface area contributed by atoms with E-state index in [1.54, 1.807) is 48.5 Å². The minimum Gasteiger partial charge on any atom is -0.455 e. The van der Waals surface area contributed by atoms with Crippen molar-refractivity contribution in [2.75, 3.05) is 13.2 Å². The van der Waals surface area contributed by atoms with Crippen LogP contribution in [0.2, 0.25) is 0 Å². The van der Waals surface area contributed by atoms with Crippen LogP contribution in [0.5, 0.6) is 0 Å². The molecular weight excluding hydrogens is 1160 g/mol. The lowest BCUT2D eigenvalue weighted by molar-refractivity contribution is -0.329. The van der Waals surface area contributed by atoms with Crippen LogP contribution in [-0.4, -0.2) is 80.0 Å². The van der Waals surface area contributed by atoms with Crippen molar-refractivity contribution < 1.29 is 52.3 Å². The summed E-state index contributed by atoms with van der Waals surface area (Å²) in [6.07, 6.45) is 23.0.